The van der Waals surface area contributed by atoms with Crippen LogP contribution < -0.4 is 4.90 Å². The van der Waals surface area contributed by atoms with Crippen molar-refractivity contribution in [2.45, 2.75) is 25.3 Å². The van der Waals surface area contributed by atoms with Crippen LogP contribution in [-0.4, -0.2) is 78.0 Å². The molecule has 1 saturated heterocycles. The van der Waals surface area contributed by atoms with Gasteiger partial charge in [0, 0.05) is 37.5 Å². The van der Waals surface area contributed by atoms with Gasteiger partial charge in [-0.2, -0.15) is 0 Å². The molecule has 1 fully saturated rings. The molecule has 1 N–H and O–H groups in total. The molecule has 0 spiro atoms. The molecule has 1 aromatic rings. The van der Waals surface area contributed by atoms with Crippen LogP contribution in [0.15, 0.2) is 24.3 Å². The number of hydrogen-bond acceptors (Lipinski definition) is 6. The first-order chi connectivity index (χ1) is 12.8. The SMILES string of the molecule is CN(C(=O)CN1CCCC(N(C)CC(=O)O)CC1)c1ccc([N+](=O)[O-])cc1.Cl. The minimum Gasteiger partial charge on any atom is -0.480 e. The Hall–Kier alpha value is -2.23. The van der Waals surface area contributed by atoms with E-state index in [1.165, 1.54) is 17.0 Å². The first-order valence-electron chi connectivity index (χ1n) is 8.93. The topological polar surface area (TPSA) is 107 Å². The molecule has 1 heterocycles. The maximum absolute atomic E-state index is 12.6. The minimum atomic E-state index is -0.835. The smallest absolute Gasteiger partial charge is 0.317 e. The lowest BCUT2D eigenvalue weighted by molar-refractivity contribution is -0.384. The van der Waals surface area contributed by atoms with Gasteiger partial charge in [0.1, 0.15) is 0 Å². The fourth-order valence-corrected chi connectivity index (χ4v) is 3.32. The molecule has 2 rings (SSSR count). The van der Waals surface area contributed by atoms with Crippen LogP contribution >= 0.6 is 12.4 Å². The summed E-state index contributed by atoms with van der Waals surface area (Å²) in [6.45, 7) is 1.81. The first kappa shape index (κ1) is 23.8. The van der Waals surface area contributed by atoms with Crippen LogP contribution in [-0.2, 0) is 9.59 Å². The van der Waals surface area contributed by atoms with Crippen molar-refractivity contribution in [2.24, 2.45) is 0 Å². The lowest BCUT2D eigenvalue weighted by Crippen LogP contribution is -2.40. The highest BCUT2D eigenvalue weighted by Crippen LogP contribution is 2.20. The summed E-state index contributed by atoms with van der Waals surface area (Å²) in [5, 5.41) is 19.7. The van der Waals surface area contributed by atoms with Crippen LogP contribution in [0.5, 0.6) is 0 Å². The molecule has 1 aromatic carbocycles. The summed E-state index contributed by atoms with van der Waals surface area (Å²) in [7, 11) is 3.48. The number of nitro groups is 1. The van der Waals surface area contributed by atoms with Crippen molar-refractivity contribution in [3.8, 4) is 0 Å². The second kappa shape index (κ2) is 10.9. The number of non-ortho nitro benzene ring substituents is 1. The number of carbonyl (C=O) groups is 2. The number of carboxylic acid groups (broad SMARTS) is 1. The van der Waals surface area contributed by atoms with E-state index in [1.807, 2.05) is 11.9 Å². The summed E-state index contributed by atoms with van der Waals surface area (Å²) in [6, 6.07) is 6.10. The third kappa shape index (κ3) is 6.74. The molecule has 1 unspecified atom stereocenters. The van der Waals surface area contributed by atoms with Crippen LogP contribution in [0.1, 0.15) is 19.3 Å². The van der Waals surface area contributed by atoms with Gasteiger partial charge in [-0.1, -0.05) is 0 Å². The summed E-state index contributed by atoms with van der Waals surface area (Å²) in [6.07, 6.45) is 2.63. The molecule has 0 bridgehead atoms. The van der Waals surface area contributed by atoms with E-state index < -0.39 is 10.9 Å². The monoisotopic (exact) mass is 414 g/mol. The Labute approximate surface area is 170 Å². The highest BCUT2D eigenvalue weighted by atomic mass is 35.5. The van der Waals surface area contributed by atoms with Gasteiger partial charge < -0.3 is 10.0 Å². The van der Waals surface area contributed by atoms with Crippen molar-refractivity contribution in [1.82, 2.24) is 9.80 Å². The van der Waals surface area contributed by atoms with E-state index in [1.54, 1.807) is 19.2 Å². The molecule has 28 heavy (non-hydrogen) atoms. The number of nitrogens with zero attached hydrogens (tertiary/aromatic N) is 4. The lowest BCUT2D eigenvalue weighted by atomic mass is 10.1. The van der Waals surface area contributed by atoms with E-state index in [0.29, 0.717) is 5.69 Å². The van der Waals surface area contributed by atoms with Crippen molar-refractivity contribution in [1.29, 1.82) is 0 Å². The molecule has 1 aliphatic heterocycles. The van der Waals surface area contributed by atoms with Gasteiger partial charge in [0.25, 0.3) is 5.69 Å². The molecule has 0 radical (unpaired) electrons. The second-order valence-corrected chi connectivity index (χ2v) is 6.90. The molecule has 9 nitrogen and oxygen atoms in total. The van der Waals surface area contributed by atoms with E-state index in [2.05, 4.69) is 4.90 Å². The molecule has 0 aromatic heterocycles. The van der Waals surface area contributed by atoms with Gasteiger partial charge in [-0.15, -0.1) is 12.4 Å². The van der Waals surface area contributed by atoms with Gasteiger partial charge in [0.05, 0.1) is 18.0 Å². The van der Waals surface area contributed by atoms with Gasteiger partial charge in [-0.25, -0.2) is 0 Å². The van der Waals surface area contributed by atoms with E-state index >= 15 is 0 Å². The maximum atomic E-state index is 12.6. The number of hydrogen-bond donors (Lipinski definition) is 1. The van der Waals surface area contributed by atoms with Crippen molar-refractivity contribution >= 4 is 35.7 Å². The number of aliphatic carboxylic acids is 1. The molecule has 1 atom stereocenters. The van der Waals surface area contributed by atoms with Crippen molar-refractivity contribution in [3.63, 3.8) is 0 Å². The Morgan fingerprint density at radius 1 is 1.21 bits per heavy atom. The number of likely N-dealkylation sites (N-methyl/N-ethyl adjacent to an activating group) is 2. The number of nitro benzene ring substituents is 1. The molecular formula is C18H27ClN4O5. The van der Waals surface area contributed by atoms with Crippen molar-refractivity contribution in [2.75, 3.05) is 45.2 Å². The Bertz CT molecular complexity index is 685. The van der Waals surface area contributed by atoms with Crippen LogP contribution in [0, 0.1) is 10.1 Å². The standard InChI is InChI=1S/C18H26N4O5.ClH/c1-19(13-18(24)25)14-4-3-10-21(11-9-14)12-17(23)20(2)15-5-7-16(8-6-15)22(26)27;/h5-8,14H,3-4,9-13H2,1-2H3,(H,24,25);1H. The zero-order valence-corrected chi connectivity index (χ0v) is 16.9. The van der Waals surface area contributed by atoms with Crippen LogP contribution in [0.3, 0.4) is 0 Å². The summed E-state index contributed by atoms with van der Waals surface area (Å²) in [5.74, 6) is -0.917. The summed E-state index contributed by atoms with van der Waals surface area (Å²) in [5.41, 5.74) is 0.600. The van der Waals surface area contributed by atoms with Gasteiger partial charge in [0.2, 0.25) is 5.91 Å². The average Bonchev–Trinajstić information content (AvgIpc) is 2.86. The maximum Gasteiger partial charge on any atom is 0.317 e. The zero-order valence-electron chi connectivity index (χ0n) is 16.1. The molecule has 0 saturated carbocycles. The van der Waals surface area contributed by atoms with E-state index in [-0.39, 0.29) is 43.1 Å². The highest BCUT2D eigenvalue weighted by molar-refractivity contribution is 5.94. The molecule has 1 amide bonds. The normalized spacial score (nSPS) is 17.5. The third-order valence-electron chi connectivity index (χ3n) is 4.98. The molecule has 0 aliphatic carbocycles. The van der Waals surface area contributed by atoms with Crippen LogP contribution in [0.2, 0.25) is 0 Å². The number of benzene rings is 1. The van der Waals surface area contributed by atoms with Crippen molar-refractivity contribution < 1.29 is 19.6 Å². The van der Waals surface area contributed by atoms with Crippen molar-refractivity contribution in [3.05, 3.63) is 34.4 Å². The Morgan fingerprint density at radius 2 is 1.86 bits per heavy atom. The lowest BCUT2D eigenvalue weighted by Gasteiger charge is -2.26. The molecular weight excluding hydrogens is 388 g/mol. The number of amides is 1. The Balaban J connectivity index is 0.00000392. The Kier molecular flexibility index (Phi) is 9.30. The number of anilines is 1. The summed E-state index contributed by atoms with van der Waals surface area (Å²) in [4.78, 5) is 39.1. The van der Waals surface area contributed by atoms with Gasteiger partial charge in [-0.3, -0.25) is 29.5 Å². The van der Waals surface area contributed by atoms with E-state index in [9.17, 15) is 19.7 Å². The number of carboxylic acids is 1. The molecule has 156 valence electrons. The predicted octanol–water partition coefficient (Wildman–Crippen LogP) is 1.85. The number of halogens is 1. The average molecular weight is 415 g/mol. The van der Waals surface area contributed by atoms with Gasteiger partial charge in [-0.05, 0) is 45.0 Å². The van der Waals surface area contributed by atoms with E-state index in [0.717, 1.165) is 32.4 Å². The summed E-state index contributed by atoms with van der Waals surface area (Å²) < 4.78 is 0. The predicted molar refractivity (Wildman–Crippen MR) is 108 cm³/mol. The minimum absolute atomic E-state index is 0. The first-order valence-corrected chi connectivity index (χ1v) is 8.93. The fraction of sp³-hybridized carbons (Fsp3) is 0.556. The number of likely N-dealkylation sites (tertiary alicyclic amines) is 1. The third-order valence-corrected chi connectivity index (χ3v) is 4.98. The van der Waals surface area contributed by atoms with Gasteiger partial charge in [0.15, 0.2) is 0 Å². The van der Waals surface area contributed by atoms with Crippen LogP contribution in [0.4, 0.5) is 11.4 Å². The molecule has 1 aliphatic rings. The largest absolute Gasteiger partial charge is 0.480 e. The fourth-order valence-electron chi connectivity index (χ4n) is 3.32. The van der Waals surface area contributed by atoms with Gasteiger partial charge >= 0.3 is 5.97 Å². The van der Waals surface area contributed by atoms with E-state index in [4.69, 9.17) is 5.11 Å². The second-order valence-electron chi connectivity index (χ2n) is 6.90. The molecule has 10 heteroatoms. The number of rotatable bonds is 7. The Morgan fingerprint density at radius 3 is 2.43 bits per heavy atom. The highest BCUT2D eigenvalue weighted by Gasteiger charge is 2.23. The quantitative estimate of drug-likeness (QED) is 0.535. The zero-order chi connectivity index (χ0) is 20.0. The summed E-state index contributed by atoms with van der Waals surface area (Å²) >= 11 is 0. The van der Waals surface area contributed by atoms with Crippen LogP contribution in [0.25, 0.3) is 0 Å². The number of carbonyl (C=O) groups excluding carboxylic acids is 1.